The van der Waals surface area contributed by atoms with Crippen LogP contribution in [-0.2, 0) is 16.0 Å². The Balaban J connectivity index is 2.24. The van der Waals surface area contributed by atoms with Gasteiger partial charge in [-0.3, -0.25) is 0 Å². The van der Waals surface area contributed by atoms with E-state index in [1.807, 2.05) is 35.0 Å². The van der Waals surface area contributed by atoms with Gasteiger partial charge >= 0.3 is 5.97 Å². The molecule has 1 atom stereocenters. The number of fused-ring (bicyclic) bond motifs is 1. The summed E-state index contributed by atoms with van der Waals surface area (Å²) in [4.78, 5) is 15.1. The number of hydrogen-bond acceptors (Lipinski definition) is 3. The average molecular weight is 220 g/mol. The predicted octanol–water partition coefficient (Wildman–Crippen LogP) is 0.976. The molecule has 0 saturated heterocycles. The highest BCUT2D eigenvalue weighted by Crippen LogP contribution is 2.08. The third kappa shape index (κ3) is 2.04. The molecule has 0 amide bonds. The minimum absolute atomic E-state index is 0.271. The van der Waals surface area contributed by atoms with Crippen LogP contribution in [0.25, 0.3) is 5.65 Å². The van der Waals surface area contributed by atoms with Crippen LogP contribution in [0, 0.1) is 0 Å². The zero-order valence-electron chi connectivity index (χ0n) is 8.83. The van der Waals surface area contributed by atoms with Crippen molar-refractivity contribution < 1.29 is 14.6 Å². The lowest BCUT2D eigenvalue weighted by Crippen LogP contribution is -2.24. The molecule has 2 heterocycles. The van der Waals surface area contributed by atoms with Crippen LogP contribution in [-0.4, -0.2) is 33.7 Å². The molecule has 84 valence electrons. The SMILES string of the molecule is COC(Cc1cn2ccccc2n1)C(=O)O. The minimum Gasteiger partial charge on any atom is -0.479 e. The maximum Gasteiger partial charge on any atom is 0.333 e. The van der Waals surface area contributed by atoms with Crippen LogP contribution in [0.1, 0.15) is 5.69 Å². The van der Waals surface area contributed by atoms with E-state index in [0.717, 1.165) is 5.65 Å². The van der Waals surface area contributed by atoms with Crippen LogP contribution in [0.15, 0.2) is 30.6 Å². The molecular weight excluding hydrogens is 208 g/mol. The zero-order valence-corrected chi connectivity index (χ0v) is 8.83. The van der Waals surface area contributed by atoms with Gasteiger partial charge in [-0.05, 0) is 12.1 Å². The van der Waals surface area contributed by atoms with E-state index in [0.29, 0.717) is 5.69 Å². The second-order valence-corrected chi connectivity index (χ2v) is 3.47. The molecule has 0 aromatic carbocycles. The van der Waals surface area contributed by atoms with Crippen LogP contribution in [0.5, 0.6) is 0 Å². The molecule has 1 unspecified atom stereocenters. The van der Waals surface area contributed by atoms with Crippen LogP contribution in [0.4, 0.5) is 0 Å². The molecule has 0 saturated carbocycles. The van der Waals surface area contributed by atoms with Crippen molar-refractivity contribution in [2.24, 2.45) is 0 Å². The lowest BCUT2D eigenvalue weighted by molar-refractivity contribution is -0.148. The lowest BCUT2D eigenvalue weighted by Gasteiger charge is -2.07. The molecule has 5 nitrogen and oxygen atoms in total. The summed E-state index contributed by atoms with van der Waals surface area (Å²) in [7, 11) is 1.38. The maximum atomic E-state index is 10.8. The highest BCUT2D eigenvalue weighted by molar-refractivity contribution is 5.72. The quantitative estimate of drug-likeness (QED) is 0.834. The molecule has 0 bridgehead atoms. The van der Waals surface area contributed by atoms with Gasteiger partial charge in [0.1, 0.15) is 5.65 Å². The number of pyridine rings is 1. The van der Waals surface area contributed by atoms with Crippen molar-refractivity contribution in [3.63, 3.8) is 0 Å². The highest BCUT2D eigenvalue weighted by Gasteiger charge is 2.18. The van der Waals surface area contributed by atoms with Crippen LogP contribution < -0.4 is 0 Å². The molecule has 0 spiro atoms. The topological polar surface area (TPSA) is 63.8 Å². The Morgan fingerprint density at radius 1 is 1.62 bits per heavy atom. The maximum absolute atomic E-state index is 10.8. The number of aliphatic carboxylic acids is 1. The Morgan fingerprint density at radius 3 is 3.06 bits per heavy atom. The number of hydrogen-bond donors (Lipinski definition) is 1. The van der Waals surface area contributed by atoms with Gasteiger partial charge in [0, 0.05) is 25.9 Å². The first-order valence-electron chi connectivity index (χ1n) is 4.89. The first-order chi connectivity index (χ1) is 7.70. The van der Waals surface area contributed by atoms with E-state index in [2.05, 4.69) is 4.98 Å². The predicted molar refractivity (Wildman–Crippen MR) is 57.3 cm³/mol. The number of rotatable bonds is 4. The molecule has 5 heteroatoms. The molecule has 0 radical (unpaired) electrons. The molecule has 16 heavy (non-hydrogen) atoms. The molecule has 0 fully saturated rings. The van der Waals surface area contributed by atoms with Crippen molar-refractivity contribution in [2.45, 2.75) is 12.5 Å². The third-order valence-electron chi connectivity index (χ3n) is 2.37. The van der Waals surface area contributed by atoms with E-state index in [1.54, 1.807) is 0 Å². The first-order valence-corrected chi connectivity index (χ1v) is 4.89. The normalized spacial score (nSPS) is 12.8. The molecular formula is C11H12N2O3. The summed E-state index contributed by atoms with van der Waals surface area (Å²) in [6.45, 7) is 0. The van der Waals surface area contributed by atoms with Crippen molar-refractivity contribution in [3.05, 3.63) is 36.3 Å². The number of imidazole rings is 1. The largest absolute Gasteiger partial charge is 0.479 e. The summed E-state index contributed by atoms with van der Waals surface area (Å²) in [5.41, 5.74) is 1.51. The van der Waals surface area contributed by atoms with Crippen molar-refractivity contribution in [3.8, 4) is 0 Å². The molecule has 0 aliphatic rings. The summed E-state index contributed by atoms with van der Waals surface area (Å²) in [5.74, 6) is -0.973. The summed E-state index contributed by atoms with van der Waals surface area (Å²) < 4.78 is 6.71. The Labute approximate surface area is 92.3 Å². The second-order valence-electron chi connectivity index (χ2n) is 3.47. The van der Waals surface area contributed by atoms with Gasteiger partial charge in [-0.2, -0.15) is 0 Å². The van der Waals surface area contributed by atoms with Crippen LogP contribution >= 0.6 is 0 Å². The number of ether oxygens (including phenoxy) is 1. The van der Waals surface area contributed by atoms with Crippen molar-refractivity contribution in [1.29, 1.82) is 0 Å². The van der Waals surface area contributed by atoms with Gasteiger partial charge < -0.3 is 14.2 Å². The van der Waals surface area contributed by atoms with Crippen LogP contribution in [0.3, 0.4) is 0 Å². The van der Waals surface area contributed by atoms with Gasteiger partial charge in [0.15, 0.2) is 6.10 Å². The fourth-order valence-electron chi connectivity index (χ4n) is 1.55. The monoisotopic (exact) mass is 220 g/mol. The number of aromatic nitrogens is 2. The minimum atomic E-state index is -0.973. The summed E-state index contributed by atoms with van der Waals surface area (Å²) in [6.07, 6.45) is 3.11. The van der Waals surface area contributed by atoms with Crippen molar-refractivity contribution >= 4 is 11.6 Å². The number of methoxy groups -OCH3 is 1. The van der Waals surface area contributed by atoms with Gasteiger partial charge in [-0.15, -0.1) is 0 Å². The van der Waals surface area contributed by atoms with E-state index in [9.17, 15) is 4.79 Å². The van der Waals surface area contributed by atoms with Gasteiger partial charge in [-0.25, -0.2) is 9.78 Å². The third-order valence-corrected chi connectivity index (χ3v) is 2.37. The molecule has 2 aromatic heterocycles. The summed E-state index contributed by atoms with van der Waals surface area (Å²) in [5, 5.41) is 8.85. The number of carbonyl (C=O) groups is 1. The Hall–Kier alpha value is -1.88. The van der Waals surface area contributed by atoms with Gasteiger partial charge in [0.05, 0.1) is 5.69 Å². The average Bonchev–Trinajstić information content (AvgIpc) is 2.67. The standard InChI is InChI=1S/C11H12N2O3/c1-16-9(11(14)15)6-8-7-13-5-3-2-4-10(13)12-8/h2-5,7,9H,6H2,1H3,(H,14,15). The molecule has 2 rings (SSSR count). The van der Waals surface area contributed by atoms with Gasteiger partial charge in [0.2, 0.25) is 0 Å². The number of carboxylic acid groups (broad SMARTS) is 1. The fraction of sp³-hybridized carbons (Fsp3) is 0.273. The molecule has 1 N–H and O–H groups in total. The van der Waals surface area contributed by atoms with Crippen LogP contribution in [0.2, 0.25) is 0 Å². The second kappa shape index (κ2) is 4.32. The van der Waals surface area contributed by atoms with E-state index in [4.69, 9.17) is 9.84 Å². The Bertz CT molecular complexity index is 474. The number of nitrogens with zero attached hydrogens (tertiary/aromatic N) is 2. The lowest BCUT2D eigenvalue weighted by atomic mass is 10.2. The van der Waals surface area contributed by atoms with E-state index in [1.165, 1.54) is 7.11 Å². The molecule has 0 aliphatic heterocycles. The van der Waals surface area contributed by atoms with Gasteiger partial charge in [0.25, 0.3) is 0 Å². The summed E-state index contributed by atoms with van der Waals surface area (Å²) >= 11 is 0. The molecule has 0 aliphatic carbocycles. The zero-order chi connectivity index (χ0) is 11.5. The first kappa shape index (κ1) is 10.6. The van der Waals surface area contributed by atoms with Gasteiger partial charge in [-0.1, -0.05) is 6.07 Å². The fourth-order valence-corrected chi connectivity index (χ4v) is 1.55. The Kier molecular flexibility index (Phi) is 2.87. The molecule has 2 aromatic rings. The number of carboxylic acids is 1. The summed E-state index contributed by atoms with van der Waals surface area (Å²) in [6, 6.07) is 5.65. The Morgan fingerprint density at radius 2 is 2.44 bits per heavy atom. The van der Waals surface area contributed by atoms with Crippen molar-refractivity contribution in [2.75, 3.05) is 7.11 Å². The smallest absolute Gasteiger partial charge is 0.333 e. The van der Waals surface area contributed by atoms with Crippen molar-refractivity contribution in [1.82, 2.24) is 9.38 Å². The van der Waals surface area contributed by atoms with E-state index in [-0.39, 0.29) is 6.42 Å². The van der Waals surface area contributed by atoms with E-state index < -0.39 is 12.1 Å². The highest BCUT2D eigenvalue weighted by atomic mass is 16.5. The van der Waals surface area contributed by atoms with E-state index >= 15 is 0 Å².